The summed E-state index contributed by atoms with van der Waals surface area (Å²) in [6, 6.07) is 0. The van der Waals surface area contributed by atoms with E-state index in [1.54, 1.807) is 0 Å². The number of carboxylic acid groups (broad SMARTS) is 2. The third-order valence-corrected chi connectivity index (χ3v) is 0. The average molecular weight is 233 g/mol. The Balaban J connectivity index is -0.00000000600. The van der Waals surface area contributed by atoms with Crippen LogP contribution in [0.25, 0.3) is 0 Å². The predicted molar refractivity (Wildman–Crippen MR) is 44.6 cm³/mol. The van der Waals surface area contributed by atoms with E-state index in [0.29, 0.717) is 0 Å². The first-order chi connectivity index (χ1) is 3.46. The van der Waals surface area contributed by atoms with Crippen molar-refractivity contribution in [3.05, 3.63) is 10.1 Å². The van der Waals surface area contributed by atoms with Crippen molar-refractivity contribution in [2.45, 2.75) is 0 Å². The summed E-state index contributed by atoms with van der Waals surface area (Å²) < 4.78 is 0. The maximum absolute atomic E-state index is 8.56. The third-order valence-electron chi connectivity index (χ3n) is 0. The summed E-state index contributed by atoms with van der Waals surface area (Å²) in [5.41, 5.74) is 0. The van der Waals surface area contributed by atoms with Gasteiger partial charge in [0, 0.05) is 0 Å². The molecule has 0 aliphatic carbocycles. The molecule has 0 saturated carbocycles. The van der Waals surface area contributed by atoms with Crippen molar-refractivity contribution in [3.63, 3.8) is 0 Å². The Kier molecular flexibility index (Phi) is 101. The SMILES string of the molecule is O.O.O=C(O)O.O=[N+]([O-])O.[AlH3].[Ca+2].[H-].[H-]. The first-order valence-electron chi connectivity index (χ1n) is 1.22. The van der Waals surface area contributed by atoms with Crippen LogP contribution in [0.1, 0.15) is 2.85 Å². The van der Waals surface area contributed by atoms with E-state index in [1.165, 1.54) is 0 Å². The molecule has 0 unspecified atom stereocenters. The van der Waals surface area contributed by atoms with E-state index < -0.39 is 11.2 Å². The van der Waals surface area contributed by atoms with E-state index in [-0.39, 0.29) is 68.9 Å². The fraction of sp³-hybridized carbons (Fsp3) is 0. The van der Waals surface area contributed by atoms with Crippen molar-refractivity contribution < 1.29 is 39.1 Å². The molecule has 0 rings (SSSR count). The average Bonchev–Trinajstić information content (AvgIpc) is 1.25. The Morgan fingerprint density at radius 2 is 1.33 bits per heavy atom. The molecule has 0 heterocycles. The molecule has 0 aromatic rings. The van der Waals surface area contributed by atoms with Crippen LogP contribution in [0.2, 0.25) is 0 Å². The Labute approximate surface area is 110 Å². The summed E-state index contributed by atoms with van der Waals surface area (Å²) in [7, 11) is 0. The molecule has 0 fully saturated rings. The van der Waals surface area contributed by atoms with Gasteiger partial charge >= 0.3 is 43.9 Å². The smallest absolute Gasteiger partial charge is 1.00 e. The van der Waals surface area contributed by atoms with E-state index in [0.717, 1.165) is 0 Å². The fourth-order valence-electron chi connectivity index (χ4n) is 0. The predicted octanol–water partition coefficient (Wildman–Crippen LogP) is -3.11. The molecule has 11 heteroatoms. The Bertz CT molecular complexity index is 85.3. The minimum atomic E-state index is -1.83. The third kappa shape index (κ3) is 25900. The van der Waals surface area contributed by atoms with E-state index in [1.807, 2.05) is 0 Å². The van der Waals surface area contributed by atoms with Gasteiger partial charge in [0.05, 0.1) is 0 Å². The zero-order valence-electron chi connectivity index (χ0n) is 7.22. The van der Waals surface area contributed by atoms with Crippen molar-refractivity contribution in [1.82, 2.24) is 0 Å². The molecule has 9 nitrogen and oxygen atoms in total. The molecular weight excluding hydrogens is 221 g/mol. The van der Waals surface area contributed by atoms with E-state index in [4.69, 9.17) is 30.3 Å². The van der Waals surface area contributed by atoms with Crippen LogP contribution in [-0.2, 0) is 0 Å². The van der Waals surface area contributed by atoms with Gasteiger partial charge in [-0.2, -0.15) is 0 Å². The Morgan fingerprint density at radius 1 is 1.33 bits per heavy atom. The van der Waals surface area contributed by atoms with Gasteiger partial charge in [0.25, 0.3) is 5.09 Å². The molecule has 0 atom stereocenters. The summed E-state index contributed by atoms with van der Waals surface area (Å²) in [4.78, 5) is 16.9. The fourth-order valence-corrected chi connectivity index (χ4v) is 0. The van der Waals surface area contributed by atoms with Gasteiger partial charge in [-0.15, -0.1) is 10.1 Å². The maximum atomic E-state index is 8.56. The Morgan fingerprint density at radius 3 is 1.33 bits per heavy atom. The molecular formula is CH12AlCaNO8. The van der Waals surface area contributed by atoms with Crippen LogP contribution >= 0.6 is 0 Å². The van der Waals surface area contributed by atoms with Crippen LogP contribution in [0.4, 0.5) is 4.79 Å². The molecule has 0 bridgehead atoms. The van der Waals surface area contributed by atoms with Crippen molar-refractivity contribution in [2.24, 2.45) is 0 Å². The van der Waals surface area contributed by atoms with Gasteiger partial charge < -0.3 is 29.2 Å². The monoisotopic (exact) mass is 233 g/mol. The summed E-state index contributed by atoms with van der Waals surface area (Å²) in [5, 5.41) is 27.6. The van der Waals surface area contributed by atoms with Crippen LogP contribution in [0, 0.1) is 10.1 Å². The minimum Gasteiger partial charge on any atom is -1.00 e. The second kappa shape index (κ2) is 30.3. The maximum Gasteiger partial charge on any atom is 2.00 e. The molecule has 0 aromatic heterocycles. The molecule has 0 amide bonds. The van der Waals surface area contributed by atoms with E-state index in [2.05, 4.69) is 0 Å². The van der Waals surface area contributed by atoms with Gasteiger partial charge in [-0.3, -0.25) is 0 Å². The topological polar surface area (TPSA) is 184 Å². The van der Waals surface area contributed by atoms with Crippen LogP contribution in [0.5, 0.6) is 0 Å². The van der Waals surface area contributed by atoms with Crippen LogP contribution in [-0.4, -0.2) is 92.7 Å². The molecule has 7 N–H and O–H groups in total. The van der Waals surface area contributed by atoms with Gasteiger partial charge in [-0.05, 0) is 0 Å². The summed E-state index contributed by atoms with van der Waals surface area (Å²) in [6.07, 6.45) is -1.83. The largest absolute Gasteiger partial charge is 2.00 e. The van der Waals surface area contributed by atoms with Crippen LogP contribution in [0.15, 0.2) is 0 Å². The van der Waals surface area contributed by atoms with E-state index in [9.17, 15) is 0 Å². The van der Waals surface area contributed by atoms with Gasteiger partial charge in [0.2, 0.25) is 0 Å². The van der Waals surface area contributed by atoms with Gasteiger partial charge in [-0.1, -0.05) is 0 Å². The first-order valence-corrected chi connectivity index (χ1v) is 1.22. The van der Waals surface area contributed by atoms with Gasteiger partial charge in [0.15, 0.2) is 17.4 Å². The zero-order chi connectivity index (χ0) is 7.15. The minimum absolute atomic E-state index is 0. The second-order valence-electron chi connectivity index (χ2n) is 0.520. The first kappa shape index (κ1) is 39.9. The van der Waals surface area contributed by atoms with E-state index >= 15 is 0 Å². The molecule has 0 saturated heterocycles. The van der Waals surface area contributed by atoms with Crippen LogP contribution < -0.4 is 0 Å². The summed E-state index contributed by atoms with van der Waals surface area (Å²) in [5.74, 6) is 0. The second-order valence-corrected chi connectivity index (χ2v) is 0.520. The Hall–Kier alpha value is 0.182. The molecule has 74 valence electrons. The normalized spacial score (nSPS) is 4.00. The number of hydrogen-bond donors (Lipinski definition) is 3. The molecule has 12 heavy (non-hydrogen) atoms. The van der Waals surface area contributed by atoms with Gasteiger partial charge in [0.1, 0.15) is 0 Å². The standard InChI is InChI=1S/CH2O3.Al.Ca.HNO3.2H2O.5H/c2-1(3)4;;;2-1(3)4;;;;;;;/h(H2,2,3,4);;;(H,2,3,4);2*1H2;;;;;/q;;+2;;;;;;;2*-1. The molecule has 0 radical (unpaired) electrons. The number of carbonyl (C=O) groups is 1. The number of hydrogen-bond acceptors (Lipinski definition) is 3. The van der Waals surface area contributed by atoms with Crippen molar-refractivity contribution in [1.29, 1.82) is 0 Å². The van der Waals surface area contributed by atoms with Crippen molar-refractivity contribution in [2.75, 3.05) is 0 Å². The molecule has 0 aliphatic rings. The molecule has 0 aromatic carbocycles. The van der Waals surface area contributed by atoms with Crippen molar-refractivity contribution in [3.8, 4) is 0 Å². The summed E-state index contributed by atoms with van der Waals surface area (Å²) >= 11 is 0. The summed E-state index contributed by atoms with van der Waals surface area (Å²) in [6.45, 7) is 0. The van der Waals surface area contributed by atoms with Gasteiger partial charge in [-0.25, -0.2) is 4.79 Å². The molecule has 0 spiro atoms. The van der Waals surface area contributed by atoms with Crippen molar-refractivity contribution >= 4 is 61.3 Å². The molecule has 0 aliphatic heterocycles. The quantitative estimate of drug-likeness (QED) is 0.225. The van der Waals surface area contributed by atoms with Crippen LogP contribution in [0.3, 0.4) is 0 Å². The number of rotatable bonds is 0. The number of nitrogens with zero attached hydrogens (tertiary/aromatic N) is 1. The zero-order valence-corrected chi connectivity index (χ0v) is 7.43.